The number of rotatable bonds is 8. The number of nitrogens with one attached hydrogen (secondary N) is 1. The van der Waals surface area contributed by atoms with Crippen LogP contribution in [-0.2, 0) is 11.3 Å². The maximum atomic E-state index is 12.4. The first kappa shape index (κ1) is 23.1. The lowest BCUT2D eigenvalue weighted by Gasteiger charge is -2.36. The van der Waals surface area contributed by atoms with Crippen LogP contribution >= 0.6 is 11.8 Å². The molecule has 2 heterocycles. The maximum absolute atomic E-state index is 12.4. The lowest BCUT2D eigenvalue weighted by Crippen LogP contribution is -2.45. The number of amides is 1. The maximum Gasteiger partial charge on any atom is 0.277 e. The molecule has 0 radical (unpaired) electrons. The van der Waals surface area contributed by atoms with Crippen molar-refractivity contribution < 1.29 is 9.21 Å². The van der Waals surface area contributed by atoms with Crippen LogP contribution in [0.5, 0.6) is 0 Å². The highest BCUT2D eigenvalue weighted by Crippen LogP contribution is 2.24. The van der Waals surface area contributed by atoms with Gasteiger partial charge in [-0.1, -0.05) is 60.3 Å². The molecule has 35 heavy (non-hydrogen) atoms. The van der Waals surface area contributed by atoms with Crippen molar-refractivity contribution in [2.45, 2.75) is 11.8 Å². The average molecular weight is 486 g/mol. The van der Waals surface area contributed by atoms with E-state index in [-0.39, 0.29) is 11.7 Å². The third-order valence-corrected chi connectivity index (χ3v) is 6.71. The van der Waals surface area contributed by atoms with E-state index in [2.05, 4.69) is 67.8 Å². The minimum absolute atomic E-state index is 0.114. The van der Waals surface area contributed by atoms with E-state index in [4.69, 9.17) is 4.42 Å². The average Bonchev–Trinajstić information content (AvgIpc) is 3.39. The van der Waals surface area contributed by atoms with Crippen LogP contribution in [0.15, 0.2) is 94.6 Å². The van der Waals surface area contributed by atoms with Gasteiger partial charge in [0.2, 0.25) is 11.8 Å². The minimum atomic E-state index is -0.114. The van der Waals surface area contributed by atoms with E-state index >= 15 is 0 Å². The van der Waals surface area contributed by atoms with Crippen LogP contribution in [0.25, 0.3) is 11.5 Å². The molecule has 1 aromatic heterocycles. The summed E-state index contributed by atoms with van der Waals surface area (Å²) in [6.07, 6.45) is 0. The zero-order valence-electron chi connectivity index (χ0n) is 19.3. The molecular formula is C27H27N5O2S. The number of piperazine rings is 1. The van der Waals surface area contributed by atoms with E-state index < -0.39 is 0 Å². The first-order valence-corrected chi connectivity index (χ1v) is 12.6. The van der Waals surface area contributed by atoms with Crippen LogP contribution in [0.1, 0.15) is 5.56 Å². The number of benzene rings is 3. The van der Waals surface area contributed by atoms with Gasteiger partial charge in [0.1, 0.15) is 0 Å². The molecule has 178 valence electrons. The van der Waals surface area contributed by atoms with Crippen molar-refractivity contribution in [1.29, 1.82) is 0 Å². The smallest absolute Gasteiger partial charge is 0.277 e. The van der Waals surface area contributed by atoms with Crippen molar-refractivity contribution in [1.82, 2.24) is 15.1 Å². The predicted molar refractivity (Wildman–Crippen MR) is 139 cm³/mol. The van der Waals surface area contributed by atoms with Gasteiger partial charge >= 0.3 is 0 Å². The second-order valence-electron chi connectivity index (χ2n) is 8.37. The molecule has 1 aliphatic rings. The molecule has 0 spiro atoms. The number of hydrogen-bond donors (Lipinski definition) is 1. The molecule has 7 nitrogen and oxygen atoms in total. The third kappa shape index (κ3) is 6.29. The Bertz CT molecular complexity index is 1220. The fraction of sp³-hybridized carbons (Fsp3) is 0.222. The summed E-state index contributed by atoms with van der Waals surface area (Å²) in [6.45, 7) is 5.04. The van der Waals surface area contributed by atoms with Crippen molar-refractivity contribution in [2.24, 2.45) is 0 Å². The Kier molecular flexibility index (Phi) is 7.41. The molecule has 1 saturated heterocycles. The molecule has 8 heteroatoms. The number of nitrogens with zero attached hydrogens (tertiary/aromatic N) is 4. The summed E-state index contributed by atoms with van der Waals surface area (Å²) in [6, 6.07) is 28.2. The van der Waals surface area contributed by atoms with Crippen molar-refractivity contribution in [3.8, 4) is 11.5 Å². The third-order valence-electron chi connectivity index (χ3n) is 5.89. The largest absolute Gasteiger partial charge is 0.411 e. The highest BCUT2D eigenvalue weighted by Gasteiger charge is 2.17. The number of carbonyl (C=O) groups excluding carboxylic acids is 1. The lowest BCUT2D eigenvalue weighted by molar-refractivity contribution is -0.113. The van der Waals surface area contributed by atoms with Gasteiger partial charge in [-0.05, 0) is 42.0 Å². The van der Waals surface area contributed by atoms with Crippen LogP contribution < -0.4 is 10.2 Å². The Morgan fingerprint density at radius 2 is 1.54 bits per heavy atom. The minimum Gasteiger partial charge on any atom is -0.411 e. The lowest BCUT2D eigenvalue weighted by atomic mass is 10.2. The van der Waals surface area contributed by atoms with Gasteiger partial charge in [-0.25, -0.2) is 0 Å². The fourth-order valence-corrected chi connectivity index (χ4v) is 4.61. The Labute approximate surface area is 209 Å². The standard InChI is InChI=1S/C27H27N5O2S/c33-25(20-35-27-30-29-26(34-27)22-9-5-2-6-10-22)28-23-11-13-24(14-12-23)32-17-15-31(16-18-32)19-21-7-3-1-4-8-21/h1-14H,15-20H2,(H,28,33). The van der Waals surface area contributed by atoms with Gasteiger partial charge in [0.15, 0.2) is 0 Å². The molecule has 1 amide bonds. The van der Waals surface area contributed by atoms with E-state index in [0.717, 1.165) is 44.0 Å². The summed E-state index contributed by atoms with van der Waals surface area (Å²) < 4.78 is 5.65. The van der Waals surface area contributed by atoms with Crippen LogP contribution in [0.2, 0.25) is 0 Å². The monoisotopic (exact) mass is 485 g/mol. The number of anilines is 2. The van der Waals surface area contributed by atoms with E-state index in [1.807, 2.05) is 42.5 Å². The van der Waals surface area contributed by atoms with E-state index in [0.29, 0.717) is 11.1 Å². The number of thioether (sulfide) groups is 1. The molecule has 3 aromatic carbocycles. The van der Waals surface area contributed by atoms with Gasteiger partial charge in [-0.3, -0.25) is 9.69 Å². The molecule has 4 aromatic rings. The number of hydrogen-bond acceptors (Lipinski definition) is 7. The van der Waals surface area contributed by atoms with Crippen LogP contribution in [-0.4, -0.2) is 52.9 Å². The van der Waals surface area contributed by atoms with Gasteiger partial charge in [0, 0.05) is 49.7 Å². The highest BCUT2D eigenvalue weighted by atomic mass is 32.2. The molecule has 1 N–H and O–H groups in total. The van der Waals surface area contributed by atoms with Gasteiger partial charge in [0.25, 0.3) is 5.22 Å². The first-order valence-electron chi connectivity index (χ1n) is 11.7. The predicted octanol–water partition coefficient (Wildman–Crippen LogP) is 4.79. The normalized spacial score (nSPS) is 14.1. The van der Waals surface area contributed by atoms with Crippen molar-refractivity contribution in [2.75, 3.05) is 42.1 Å². The quantitative estimate of drug-likeness (QED) is 0.360. The van der Waals surface area contributed by atoms with Crippen molar-refractivity contribution >= 4 is 29.0 Å². The van der Waals surface area contributed by atoms with E-state index in [1.165, 1.54) is 23.0 Å². The SMILES string of the molecule is O=C(CSc1nnc(-c2ccccc2)o1)Nc1ccc(N2CCN(Cc3ccccc3)CC2)cc1. The van der Waals surface area contributed by atoms with Gasteiger partial charge in [-0.15, -0.1) is 10.2 Å². The van der Waals surface area contributed by atoms with Gasteiger partial charge in [-0.2, -0.15) is 0 Å². The zero-order valence-corrected chi connectivity index (χ0v) is 20.2. The summed E-state index contributed by atoms with van der Waals surface area (Å²) in [7, 11) is 0. The molecule has 1 fully saturated rings. The molecule has 1 aliphatic heterocycles. The van der Waals surface area contributed by atoms with Crippen LogP contribution in [0.4, 0.5) is 11.4 Å². The second kappa shape index (κ2) is 11.2. The molecule has 0 unspecified atom stereocenters. The molecular weight excluding hydrogens is 458 g/mol. The number of carbonyl (C=O) groups is 1. The fourth-order valence-electron chi connectivity index (χ4n) is 4.05. The first-order chi connectivity index (χ1) is 17.2. The van der Waals surface area contributed by atoms with E-state index in [1.54, 1.807) is 0 Å². The molecule has 5 rings (SSSR count). The Morgan fingerprint density at radius 1 is 0.857 bits per heavy atom. The summed E-state index contributed by atoms with van der Waals surface area (Å²) in [5.41, 5.74) is 4.16. The number of aromatic nitrogens is 2. The van der Waals surface area contributed by atoms with Crippen molar-refractivity contribution in [3.63, 3.8) is 0 Å². The molecule has 0 atom stereocenters. The second-order valence-corrected chi connectivity index (χ2v) is 9.30. The molecule has 0 bridgehead atoms. The van der Waals surface area contributed by atoms with E-state index in [9.17, 15) is 4.79 Å². The van der Waals surface area contributed by atoms with Crippen molar-refractivity contribution in [3.05, 3.63) is 90.5 Å². The van der Waals surface area contributed by atoms with Crippen LogP contribution in [0, 0.1) is 0 Å². The van der Waals surface area contributed by atoms with Gasteiger partial charge < -0.3 is 14.6 Å². The molecule has 0 saturated carbocycles. The molecule has 0 aliphatic carbocycles. The Hall–Kier alpha value is -3.62. The van der Waals surface area contributed by atoms with Gasteiger partial charge in [0.05, 0.1) is 5.75 Å². The summed E-state index contributed by atoms with van der Waals surface area (Å²) in [5.74, 6) is 0.531. The topological polar surface area (TPSA) is 74.5 Å². The Morgan fingerprint density at radius 3 is 2.26 bits per heavy atom. The summed E-state index contributed by atoms with van der Waals surface area (Å²) in [5, 5.41) is 11.4. The summed E-state index contributed by atoms with van der Waals surface area (Å²) in [4.78, 5) is 17.3. The summed E-state index contributed by atoms with van der Waals surface area (Å²) >= 11 is 1.22. The van der Waals surface area contributed by atoms with Crippen LogP contribution in [0.3, 0.4) is 0 Å². The zero-order chi connectivity index (χ0) is 23.9. The highest BCUT2D eigenvalue weighted by molar-refractivity contribution is 7.99. The Balaban J connectivity index is 1.07.